The van der Waals surface area contributed by atoms with Crippen LogP contribution in [0.25, 0.3) is 0 Å². The lowest BCUT2D eigenvalue weighted by molar-refractivity contribution is -0.129. The van der Waals surface area contributed by atoms with Crippen molar-refractivity contribution >= 4 is 5.91 Å². The lowest BCUT2D eigenvalue weighted by atomic mass is 10.2. The van der Waals surface area contributed by atoms with Crippen LogP contribution >= 0.6 is 0 Å². The molecule has 21 heavy (non-hydrogen) atoms. The summed E-state index contributed by atoms with van der Waals surface area (Å²) in [4.78, 5) is 16.2. The van der Waals surface area contributed by atoms with E-state index in [-0.39, 0.29) is 5.91 Å². The molecule has 4 nitrogen and oxygen atoms in total. The Morgan fingerprint density at radius 3 is 2.43 bits per heavy atom. The first-order chi connectivity index (χ1) is 10.2. The molecule has 1 aromatic carbocycles. The molecule has 1 aromatic rings. The summed E-state index contributed by atoms with van der Waals surface area (Å²) in [5.74, 6) is 0.140. The predicted molar refractivity (Wildman–Crippen MR) is 88.2 cm³/mol. The van der Waals surface area contributed by atoms with Crippen LogP contribution in [0.15, 0.2) is 30.3 Å². The van der Waals surface area contributed by atoms with E-state index in [0.717, 1.165) is 38.2 Å². The minimum atomic E-state index is 0.140. The average Bonchev–Trinajstić information content (AvgIpc) is 2.51. The van der Waals surface area contributed by atoms with E-state index in [1.165, 1.54) is 0 Å². The topological polar surface area (TPSA) is 35.6 Å². The van der Waals surface area contributed by atoms with E-state index in [1.54, 1.807) is 4.90 Å². The largest absolute Gasteiger partial charge is 0.340 e. The fourth-order valence-electron chi connectivity index (χ4n) is 2.24. The molecule has 0 aliphatic carbocycles. The van der Waals surface area contributed by atoms with E-state index in [0.29, 0.717) is 13.1 Å². The maximum absolute atomic E-state index is 12.0. The van der Waals surface area contributed by atoms with Crippen molar-refractivity contribution in [3.05, 3.63) is 35.9 Å². The molecule has 1 N–H and O–H groups in total. The highest BCUT2D eigenvalue weighted by atomic mass is 16.2. The molecule has 0 aromatic heterocycles. The van der Waals surface area contributed by atoms with Gasteiger partial charge in [0.15, 0.2) is 0 Å². The third-order valence-electron chi connectivity index (χ3n) is 3.69. The zero-order chi connectivity index (χ0) is 15.5. The molecule has 0 saturated heterocycles. The summed E-state index contributed by atoms with van der Waals surface area (Å²) in [5, 5.41) is 3.24. The van der Waals surface area contributed by atoms with Crippen LogP contribution in [-0.2, 0) is 11.3 Å². The Morgan fingerprint density at radius 2 is 1.81 bits per heavy atom. The Bertz CT molecular complexity index is 390. The first-order valence-electron chi connectivity index (χ1n) is 7.88. The molecule has 0 heterocycles. The number of rotatable bonds is 10. The molecule has 0 saturated carbocycles. The number of hydrogen-bond acceptors (Lipinski definition) is 3. The summed E-state index contributed by atoms with van der Waals surface area (Å²) >= 11 is 0. The van der Waals surface area contributed by atoms with Crippen molar-refractivity contribution in [2.45, 2.75) is 26.8 Å². The van der Waals surface area contributed by atoms with Crippen LogP contribution in [0.5, 0.6) is 0 Å². The van der Waals surface area contributed by atoms with Gasteiger partial charge in [-0.15, -0.1) is 0 Å². The number of carbonyl (C=O) groups is 1. The lowest BCUT2D eigenvalue weighted by Gasteiger charge is -2.19. The molecule has 0 aliphatic heterocycles. The van der Waals surface area contributed by atoms with Gasteiger partial charge in [0.1, 0.15) is 0 Å². The van der Waals surface area contributed by atoms with Gasteiger partial charge < -0.3 is 15.1 Å². The monoisotopic (exact) mass is 291 g/mol. The predicted octanol–water partition coefficient (Wildman–Crippen LogP) is 1.97. The highest BCUT2D eigenvalue weighted by Crippen LogP contribution is 2.02. The van der Waals surface area contributed by atoms with Crippen molar-refractivity contribution in [1.82, 2.24) is 15.1 Å². The minimum Gasteiger partial charge on any atom is -0.340 e. The second-order valence-electron chi connectivity index (χ2n) is 5.29. The van der Waals surface area contributed by atoms with Gasteiger partial charge in [0.05, 0.1) is 6.54 Å². The second-order valence-corrected chi connectivity index (χ2v) is 5.29. The molecule has 4 heteroatoms. The molecular formula is C17H29N3O. The van der Waals surface area contributed by atoms with E-state index >= 15 is 0 Å². The van der Waals surface area contributed by atoms with E-state index in [2.05, 4.69) is 24.1 Å². The Hall–Kier alpha value is -1.39. The maximum Gasteiger partial charge on any atom is 0.236 e. The SMILES string of the molecule is CCN(CC)CCCNCC(=O)N(C)Cc1ccccc1. The summed E-state index contributed by atoms with van der Waals surface area (Å²) in [6.45, 7) is 9.61. The van der Waals surface area contributed by atoms with Crippen molar-refractivity contribution < 1.29 is 4.79 Å². The zero-order valence-electron chi connectivity index (χ0n) is 13.6. The lowest BCUT2D eigenvalue weighted by Crippen LogP contribution is -2.36. The van der Waals surface area contributed by atoms with E-state index in [1.807, 2.05) is 37.4 Å². The number of carbonyl (C=O) groups excluding carboxylic acids is 1. The molecule has 1 amide bonds. The minimum absolute atomic E-state index is 0.140. The standard InChI is InChI=1S/C17H29N3O/c1-4-20(5-2)13-9-12-18-14-17(21)19(3)15-16-10-7-6-8-11-16/h6-8,10-11,18H,4-5,9,12-15H2,1-3H3. The Morgan fingerprint density at radius 1 is 1.14 bits per heavy atom. The molecule has 0 fully saturated rings. The number of nitrogens with one attached hydrogen (secondary N) is 1. The Labute approximate surface area is 129 Å². The maximum atomic E-state index is 12.0. The smallest absolute Gasteiger partial charge is 0.236 e. The van der Waals surface area contributed by atoms with Gasteiger partial charge in [-0.05, 0) is 38.2 Å². The quantitative estimate of drug-likeness (QED) is 0.670. The van der Waals surface area contributed by atoms with Crippen LogP contribution in [0.4, 0.5) is 0 Å². The number of benzene rings is 1. The Kier molecular flexibility index (Phi) is 8.71. The van der Waals surface area contributed by atoms with Crippen molar-refractivity contribution in [2.75, 3.05) is 39.8 Å². The van der Waals surface area contributed by atoms with Crippen molar-refractivity contribution in [3.63, 3.8) is 0 Å². The van der Waals surface area contributed by atoms with E-state index < -0.39 is 0 Å². The molecule has 0 spiro atoms. The van der Waals surface area contributed by atoms with Gasteiger partial charge >= 0.3 is 0 Å². The highest BCUT2D eigenvalue weighted by Gasteiger charge is 2.08. The van der Waals surface area contributed by atoms with Crippen LogP contribution in [0.3, 0.4) is 0 Å². The third-order valence-corrected chi connectivity index (χ3v) is 3.69. The average molecular weight is 291 g/mol. The van der Waals surface area contributed by atoms with Crippen LogP contribution in [0.1, 0.15) is 25.8 Å². The molecule has 0 radical (unpaired) electrons. The summed E-state index contributed by atoms with van der Waals surface area (Å²) in [5.41, 5.74) is 1.16. The van der Waals surface area contributed by atoms with Crippen LogP contribution < -0.4 is 5.32 Å². The molecule has 118 valence electrons. The second kappa shape index (κ2) is 10.4. The van der Waals surface area contributed by atoms with Gasteiger partial charge in [0.2, 0.25) is 5.91 Å². The number of nitrogens with zero attached hydrogens (tertiary/aromatic N) is 2. The molecule has 0 unspecified atom stereocenters. The van der Waals surface area contributed by atoms with Crippen molar-refractivity contribution in [1.29, 1.82) is 0 Å². The van der Waals surface area contributed by atoms with Gasteiger partial charge in [-0.1, -0.05) is 44.2 Å². The normalized spacial score (nSPS) is 10.9. The highest BCUT2D eigenvalue weighted by molar-refractivity contribution is 5.77. The first-order valence-corrected chi connectivity index (χ1v) is 7.88. The van der Waals surface area contributed by atoms with Crippen molar-refractivity contribution in [2.24, 2.45) is 0 Å². The van der Waals surface area contributed by atoms with Gasteiger partial charge in [-0.3, -0.25) is 4.79 Å². The van der Waals surface area contributed by atoms with Gasteiger partial charge in [-0.2, -0.15) is 0 Å². The fourth-order valence-corrected chi connectivity index (χ4v) is 2.24. The molecular weight excluding hydrogens is 262 g/mol. The number of hydrogen-bond donors (Lipinski definition) is 1. The van der Waals surface area contributed by atoms with Gasteiger partial charge in [-0.25, -0.2) is 0 Å². The van der Waals surface area contributed by atoms with Crippen LogP contribution in [0.2, 0.25) is 0 Å². The number of amides is 1. The molecule has 1 rings (SSSR count). The first kappa shape index (κ1) is 17.7. The van der Waals surface area contributed by atoms with E-state index in [4.69, 9.17) is 0 Å². The molecule has 0 aliphatic rings. The van der Waals surface area contributed by atoms with Gasteiger partial charge in [0.25, 0.3) is 0 Å². The summed E-state index contributed by atoms with van der Waals surface area (Å²) in [7, 11) is 1.85. The van der Waals surface area contributed by atoms with Crippen molar-refractivity contribution in [3.8, 4) is 0 Å². The Balaban J connectivity index is 2.15. The van der Waals surface area contributed by atoms with Crippen LogP contribution in [-0.4, -0.2) is 55.5 Å². The van der Waals surface area contributed by atoms with Gasteiger partial charge in [0, 0.05) is 13.6 Å². The number of likely N-dealkylation sites (N-methyl/N-ethyl adjacent to an activating group) is 1. The molecule has 0 atom stereocenters. The summed E-state index contributed by atoms with van der Waals surface area (Å²) in [6.07, 6.45) is 1.08. The van der Waals surface area contributed by atoms with Crippen LogP contribution in [0, 0.1) is 0 Å². The fraction of sp³-hybridized carbons (Fsp3) is 0.588. The summed E-state index contributed by atoms with van der Waals surface area (Å²) < 4.78 is 0. The zero-order valence-corrected chi connectivity index (χ0v) is 13.6. The molecule has 0 bridgehead atoms. The summed E-state index contributed by atoms with van der Waals surface area (Å²) in [6, 6.07) is 10.1. The van der Waals surface area contributed by atoms with E-state index in [9.17, 15) is 4.79 Å². The third kappa shape index (κ3) is 7.25.